The summed E-state index contributed by atoms with van der Waals surface area (Å²) < 4.78 is 0.944. The van der Waals surface area contributed by atoms with Crippen LogP contribution in [0.15, 0.2) is 27.8 Å². The molecule has 1 atom stereocenters. The van der Waals surface area contributed by atoms with Gasteiger partial charge in [0.15, 0.2) is 5.84 Å². The molecule has 1 heterocycles. The molecule has 1 fully saturated rings. The van der Waals surface area contributed by atoms with E-state index >= 15 is 0 Å². The second kappa shape index (κ2) is 5.58. The van der Waals surface area contributed by atoms with Crippen molar-refractivity contribution < 1.29 is 10.3 Å². The van der Waals surface area contributed by atoms with Crippen molar-refractivity contribution in [1.29, 1.82) is 0 Å². The second-order valence-corrected chi connectivity index (χ2v) is 5.35. The van der Waals surface area contributed by atoms with Crippen LogP contribution in [0.25, 0.3) is 0 Å². The number of benzene rings is 1. The summed E-state index contributed by atoms with van der Waals surface area (Å²) in [5, 5.41) is 21.1. The topological polar surface area (TPSA) is 82.1 Å². The largest absolute Gasteiger partial charge is 0.409 e. The molecule has 0 radical (unpaired) electrons. The predicted octanol–water partition coefficient (Wildman–Crippen LogP) is 1.36. The molecular weight excluding hydrogens is 298 g/mol. The highest BCUT2D eigenvalue weighted by molar-refractivity contribution is 9.10. The maximum absolute atomic E-state index is 9.19. The minimum atomic E-state index is 0.102. The van der Waals surface area contributed by atoms with Gasteiger partial charge in [0.25, 0.3) is 0 Å². The Hall–Kier alpha value is -1.27. The molecule has 1 saturated heterocycles. The van der Waals surface area contributed by atoms with E-state index in [2.05, 4.69) is 26.0 Å². The molecule has 0 bridgehead atoms. The number of aliphatic hydroxyl groups is 1. The Balaban J connectivity index is 2.34. The number of aliphatic hydroxyl groups excluding tert-OH is 1. The highest BCUT2D eigenvalue weighted by atomic mass is 79.9. The fourth-order valence-corrected chi connectivity index (χ4v) is 2.59. The monoisotopic (exact) mass is 313 g/mol. The number of hydrogen-bond donors (Lipinski definition) is 3. The molecule has 0 amide bonds. The molecule has 1 unspecified atom stereocenters. The summed E-state index contributed by atoms with van der Waals surface area (Å²) in [4.78, 5) is 2.15. The van der Waals surface area contributed by atoms with E-state index in [9.17, 15) is 5.11 Å². The summed E-state index contributed by atoms with van der Waals surface area (Å²) in [6, 6.07) is 5.63. The fraction of sp³-hybridized carbons (Fsp3) is 0.417. The zero-order valence-electron chi connectivity index (χ0n) is 9.88. The lowest BCUT2D eigenvalue weighted by molar-refractivity contribution is 0.238. The zero-order chi connectivity index (χ0) is 13.1. The van der Waals surface area contributed by atoms with Crippen molar-refractivity contribution >= 4 is 27.5 Å². The second-order valence-electron chi connectivity index (χ2n) is 4.43. The summed E-state index contributed by atoms with van der Waals surface area (Å²) in [6.07, 6.45) is 0.957. The molecule has 0 aliphatic carbocycles. The minimum absolute atomic E-state index is 0.102. The van der Waals surface area contributed by atoms with Crippen LogP contribution in [-0.2, 0) is 0 Å². The molecule has 1 aliphatic heterocycles. The molecule has 2 rings (SSSR count). The summed E-state index contributed by atoms with van der Waals surface area (Å²) in [7, 11) is 0. The SMILES string of the molecule is N/C(=N/O)c1ccc(Br)cc1N1CCC(CO)C1. The summed E-state index contributed by atoms with van der Waals surface area (Å²) >= 11 is 3.43. The van der Waals surface area contributed by atoms with Gasteiger partial charge in [-0.2, -0.15) is 0 Å². The first kappa shape index (κ1) is 13.2. The minimum Gasteiger partial charge on any atom is -0.409 e. The Bertz CT molecular complexity index is 465. The van der Waals surface area contributed by atoms with Crippen molar-refractivity contribution in [3.63, 3.8) is 0 Å². The van der Waals surface area contributed by atoms with Crippen LogP contribution in [0.2, 0.25) is 0 Å². The van der Waals surface area contributed by atoms with Gasteiger partial charge in [0.05, 0.1) is 0 Å². The predicted molar refractivity (Wildman–Crippen MR) is 74.1 cm³/mol. The van der Waals surface area contributed by atoms with Crippen LogP contribution in [0.3, 0.4) is 0 Å². The van der Waals surface area contributed by atoms with Gasteiger partial charge in [0, 0.05) is 41.3 Å². The third-order valence-electron chi connectivity index (χ3n) is 3.23. The highest BCUT2D eigenvalue weighted by Crippen LogP contribution is 2.29. The molecule has 1 aromatic rings. The molecule has 0 aromatic heterocycles. The van der Waals surface area contributed by atoms with Crippen LogP contribution in [0, 0.1) is 5.92 Å². The Morgan fingerprint density at radius 2 is 2.33 bits per heavy atom. The molecule has 5 nitrogen and oxygen atoms in total. The summed E-state index contributed by atoms with van der Waals surface area (Å²) in [5.41, 5.74) is 7.32. The first-order valence-electron chi connectivity index (χ1n) is 5.79. The van der Waals surface area contributed by atoms with Crippen LogP contribution in [-0.4, -0.2) is 35.8 Å². The van der Waals surface area contributed by atoms with E-state index in [1.165, 1.54) is 0 Å². The van der Waals surface area contributed by atoms with Gasteiger partial charge in [-0.05, 0) is 24.6 Å². The first-order valence-corrected chi connectivity index (χ1v) is 6.58. The summed E-state index contributed by atoms with van der Waals surface area (Å²) in [6.45, 7) is 1.86. The van der Waals surface area contributed by atoms with Crippen molar-refractivity contribution in [3.8, 4) is 0 Å². The van der Waals surface area contributed by atoms with E-state index < -0.39 is 0 Å². The summed E-state index contributed by atoms with van der Waals surface area (Å²) in [5.74, 6) is 0.397. The molecular formula is C12H16BrN3O2. The van der Waals surface area contributed by atoms with Crippen molar-refractivity contribution in [2.45, 2.75) is 6.42 Å². The van der Waals surface area contributed by atoms with Crippen molar-refractivity contribution in [2.24, 2.45) is 16.8 Å². The lowest BCUT2D eigenvalue weighted by Crippen LogP contribution is -2.25. The molecule has 0 saturated carbocycles. The van der Waals surface area contributed by atoms with Gasteiger partial charge < -0.3 is 20.9 Å². The zero-order valence-corrected chi connectivity index (χ0v) is 11.5. The fourth-order valence-electron chi connectivity index (χ4n) is 2.24. The number of halogens is 1. The molecule has 1 aromatic carbocycles. The van der Waals surface area contributed by atoms with Crippen molar-refractivity contribution in [1.82, 2.24) is 0 Å². The lowest BCUT2D eigenvalue weighted by atomic mass is 10.1. The van der Waals surface area contributed by atoms with E-state index in [1.54, 1.807) is 0 Å². The van der Waals surface area contributed by atoms with Gasteiger partial charge in [0.2, 0.25) is 0 Å². The van der Waals surface area contributed by atoms with E-state index in [-0.39, 0.29) is 12.4 Å². The number of amidine groups is 1. The quantitative estimate of drug-likeness (QED) is 0.340. The van der Waals surface area contributed by atoms with Crippen LogP contribution in [0.4, 0.5) is 5.69 Å². The number of nitrogens with zero attached hydrogens (tertiary/aromatic N) is 2. The van der Waals surface area contributed by atoms with Gasteiger partial charge in [0.1, 0.15) is 0 Å². The van der Waals surface area contributed by atoms with Crippen LogP contribution >= 0.6 is 15.9 Å². The number of hydrogen-bond acceptors (Lipinski definition) is 4. The van der Waals surface area contributed by atoms with Gasteiger partial charge in [-0.3, -0.25) is 0 Å². The Labute approximate surface area is 114 Å². The van der Waals surface area contributed by atoms with Crippen molar-refractivity contribution in [2.75, 3.05) is 24.6 Å². The lowest BCUT2D eigenvalue weighted by Gasteiger charge is -2.21. The average molecular weight is 314 g/mol. The van der Waals surface area contributed by atoms with Gasteiger partial charge in [-0.25, -0.2) is 0 Å². The van der Waals surface area contributed by atoms with Crippen LogP contribution < -0.4 is 10.6 Å². The number of oxime groups is 1. The number of nitrogens with two attached hydrogens (primary N) is 1. The molecule has 98 valence electrons. The standard InChI is InChI=1S/C12H16BrN3O2/c13-9-1-2-10(12(14)15-18)11(5-9)16-4-3-8(6-16)7-17/h1-2,5,8,17-18H,3-4,6-7H2,(H2,14,15). The van der Waals surface area contributed by atoms with Gasteiger partial charge in [-0.15, -0.1) is 0 Å². The Morgan fingerprint density at radius 1 is 1.56 bits per heavy atom. The van der Waals surface area contributed by atoms with Gasteiger partial charge in [-0.1, -0.05) is 21.1 Å². The Kier molecular flexibility index (Phi) is 4.08. The normalized spacial score (nSPS) is 20.4. The van der Waals surface area contributed by atoms with Gasteiger partial charge >= 0.3 is 0 Å². The number of rotatable bonds is 3. The smallest absolute Gasteiger partial charge is 0.172 e. The van der Waals surface area contributed by atoms with Crippen LogP contribution in [0.1, 0.15) is 12.0 Å². The van der Waals surface area contributed by atoms with E-state index in [4.69, 9.17) is 10.9 Å². The average Bonchev–Trinajstić information content (AvgIpc) is 2.86. The third-order valence-corrected chi connectivity index (χ3v) is 3.72. The molecule has 18 heavy (non-hydrogen) atoms. The third kappa shape index (κ3) is 2.59. The highest BCUT2D eigenvalue weighted by Gasteiger charge is 2.24. The Morgan fingerprint density at radius 3 is 2.94 bits per heavy atom. The van der Waals surface area contributed by atoms with E-state index in [0.717, 1.165) is 29.7 Å². The molecule has 4 N–H and O–H groups in total. The maximum atomic E-state index is 9.19. The maximum Gasteiger partial charge on any atom is 0.172 e. The molecule has 6 heteroatoms. The van der Waals surface area contributed by atoms with E-state index in [0.29, 0.717) is 11.5 Å². The molecule has 1 aliphatic rings. The number of anilines is 1. The first-order chi connectivity index (χ1) is 8.65. The van der Waals surface area contributed by atoms with E-state index in [1.807, 2.05) is 18.2 Å². The van der Waals surface area contributed by atoms with Crippen molar-refractivity contribution in [3.05, 3.63) is 28.2 Å². The molecule has 0 spiro atoms. The van der Waals surface area contributed by atoms with Crippen LogP contribution in [0.5, 0.6) is 0 Å².